The minimum absolute atomic E-state index is 0.0211. The molecular formula is C31H42FN5O2. The van der Waals surface area contributed by atoms with Crippen molar-refractivity contribution in [3.8, 4) is 11.4 Å². The Labute approximate surface area is 232 Å². The zero-order valence-electron chi connectivity index (χ0n) is 23.9. The Bertz CT molecular complexity index is 1200. The van der Waals surface area contributed by atoms with Crippen molar-refractivity contribution < 1.29 is 13.9 Å². The minimum Gasteiger partial charge on any atom is -0.484 e. The number of carbonyl (C=O) groups is 1. The number of hydrogen-bond donors (Lipinski definition) is 0. The van der Waals surface area contributed by atoms with Gasteiger partial charge < -0.3 is 14.5 Å². The number of ether oxygens (including phenoxy) is 1. The molecule has 8 heteroatoms. The van der Waals surface area contributed by atoms with Gasteiger partial charge in [0, 0.05) is 44.3 Å². The van der Waals surface area contributed by atoms with Crippen LogP contribution in [0.15, 0.2) is 54.6 Å². The monoisotopic (exact) mass is 535 g/mol. The fraction of sp³-hybridized carbons (Fsp3) is 0.484. The van der Waals surface area contributed by atoms with E-state index in [0.29, 0.717) is 30.8 Å². The molecule has 3 aromatic rings. The van der Waals surface area contributed by atoms with Gasteiger partial charge in [0.1, 0.15) is 17.4 Å². The molecule has 4 rings (SSSR count). The molecule has 1 amide bonds. The van der Waals surface area contributed by atoms with Gasteiger partial charge in [-0.2, -0.15) is 5.10 Å². The van der Waals surface area contributed by atoms with Crippen LogP contribution < -0.4 is 9.64 Å². The summed E-state index contributed by atoms with van der Waals surface area (Å²) in [4.78, 5) is 20.2. The molecule has 1 aromatic heterocycles. The van der Waals surface area contributed by atoms with Gasteiger partial charge in [0.2, 0.25) is 0 Å². The van der Waals surface area contributed by atoms with Crippen molar-refractivity contribution >= 4 is 11.7 Å². The molecule has 39 heavy (non-hydrogen) atoms. The summed E-state index contributed by atoms with van der Waals surface area (Å²) in [6.45, 7) is 15.4. The van der Waals surface area contributed by atoms with Crippen LogP contribution in [0.1, 0.15) is 45.9 Å². The highest BCUT2D eigenvalue weighted by atomic mass is 19.1. The fourth-order valence-corrected chi connectivity index (χ4v) is 5.11. The van der Waals surface area contributed by atoms with Gasteiger partial charge in [-0.25, -0.2) is 9.07 Å². The Kier molecular flexibility index (Phi) is 9.62. The molecule has 1 aliphatic heterocycles. The quantitative estimate of drug-likeness (QED) is 0.339. The Morgan fingerprint density at radius 2 is 1.67 bits per heavy atom. The van der Waals surface area contributed by atoms with Gasteiger partial charge in [-0.1, -0.05) is 39.0 Å². The SMILES string of the molecule is CCc1nn(-c2ccc(F)cc2)c(N2CCN(C(C)C)CC2)c1CN(CC(C)C)C(=O)COc1ccccc1. The zero-order valence-corrected chi connectivity index (χ0v) is 23.9. The van der Waals surface area contributed by atoms with Crippen LogP contribution in [0.5, 0.6) is 5.75 Å². The second kappa shape index (κ2) is 13.1. The first-order valence-electron chi connectivity index (χ1n) is 14.1. The third-order valence-corrected chi connectivity index (χ3v) is 7.18. The van der Waals surface area contributed by atoms with E-state index in [2.05, 4.69) is 44.4 Å². The third-order valence-electron chi connectivity index (χ3n) is 7.18. The molecular weight excluding hydrogens is 493 g/mol. The molecule has 1 fully saturated rings. The van der Waals surface area contributed by atoms with Gasteiger partial charge in [0.15, 0.2) is 6.61 Å². The predicted octanol–water partition coefficient (Wildman–Crippen LogP) is 5.17. The number of piperazine rings is 1. The molecule has 1 aliphatic rings. The first-order valence-corrected chi connectivity index (χ1v) is 14.1. The first-order chi connectivity index (χ1) is 18.8. The van der Waals surface area contributed by atoms with E-state index in [-0.39, 0.29) is 18.3 Å². The molecule has 210 valence electrons. The summed E-state index contributed by atoms with van der Waals surface area (Å²) >= 11 is 0. The van der Waals surface area contributed by atoms with E-state index in [0.717, 1.165) is 55.4 Å². The number of rotatable bonds is 11. The number of hydrogen-bond acceptors (Lipinski definition) is 5. The largest absolute Gasteiger partial charge is 0.484 e. The lowest BCUT2D eigenvalue weighted by Crippen LogP contribution is -2.49. The van der Waals surface area contributed by atoms with Gasteiger partial charge in [-0.3, -0.25) is 9.69 Å². The molecule has 2 heterocycles. The second-order valence-electron chi connectivity index (χ2n) is 10.9. The van der Waals surface area contributed by atoms with Gasteiger partial charge in [-0.05, 0) is 62.6 Å². The van der Waals surface area contributed by atoms with Crippen LogP contribution in [0.25, 0.3) is 5.69 Å². The van der Waals surface area contributed by atoms with Crippen LogP contribution in [0, 0.1) is 11.7 Å². The number of benzene rings is 2. The Hall–Kier alpha value is -3.39. The number of carbonyl (C=O) groups excluding carboxylic acids is 1. The summed E-state index contributed by atoms with van der Waals surface area (Å²) in [7, 11) is 0. The summed E-state index contributed by atoms with van der Waals surface area (Å²) in [5.41, 5.74) is 2.81. The first kappa shape index (κ1) is 28.6. The van der Waals surface area contributed by atoms with Crippen LogP contribution in [-0.2, 0) is 17.8 Å². The Balaban J connectivity index is 1.68. The van der Waals surface area contributed by atoms with Crippen molar-refractivity contribution in [3.05, 3.63) is 71.7 Å². The summed E-state index contributed by atoms with van der Waals surface area (Å²) in [5.74, 6) is 1.63. The number of halogens is 1. The number of nitrogens with zero attached hydrogens (tertiary/aromatic N) is 5. The van der Waals surface area contributed by atoms with E-state index in [1.165, 1.54) is 12.1 Å². The lowest BCUT2D eigenvalue weighted by atomic mass is 10.1. The van der Waals surface area contributed by atoms with Crippen LogP contribution in [-0.4, -0.2) is 70.9 Å². The standard InChI is InChI=1S/C31H42FN5O2/c1-6-29-28(21-36(20-23(2)3)30(38)22-39-27-10-8-7-9-11-27)31(35-18-16-34(17-19-35)24(4)5)37(33-29)26-14-12-25(32)13-15-26/h7-15,23-24H,6,16-22H2,1-5H3. The summed E-state index contributed by atoms with van der Waals surface area (Å²) < 4.78 is 21.6. The maximum Gasteiger partial charge on any atom is 0.260 e. The molecule has 0 unspecified atom stereocenters. The third kappa shape index (κ3) is 7.18. The maximum atomic E-state index is 13.8. The van der Waals surface area contributed by atoms with Crippen molar-refractivity contribution in [1.82, 2.24) is 19.6 Å². The number of aryl methyl sites for hydroxylation is 1. The Morgan fingerprint density at radius 3 is 2.26 bits per heavy atom. The Morgan fingerprint density at radius 1 is 1.00 bits per heavy atom. The number of para-hydroxylation sites is 1. The number of amides is 1. The molecule has 0 spiro atoms. The van der Waals surface area contributed by atoms with Crippen molar-refractivity contribution in [1.29, 1.82) is 0 Å². The molecule has 0 atom stereocenters. The van der Waals surface area contributed by atoms with E-state index in [9.17, 15) is 9.18 Å². The average molecular weight is 536 g/mol. The summed E-state index contributed by atoms with van der Waals surface area (Å²) in [5, 5.41) is 5.01. The minimum atomic E-state index is -0.277. The molecule has 0 N–H and O–H groups in total. The van der Waals surface area contributed by atoms with E-state index in [1.807, 2.05) is 39.9 Å². The smallest absolute Gasteiger partial charge is 0.260 e. The van der Waals surface area contributed by atoms with Crippen LogP contribution in [0.4, 0.5) is 10.2 Å². The van der Waals surface area contributed by atoms with Gasteiger partial charge in [0.05, 0.1) is 17.9 Å². The maximum absolute atomic E-state index is 13.8. The fourth-order valence-electron chi connectivity index (χ4n) is 5.11. The molecule has 7 nitrogen and oxygen atoms in total. The molecule has 1 saturated heterocycles. The van der Waals surface area contributed by atoms with E-state index >= 15 is 0 Å². The van der Waals surface area contributed by atoms with Gasteiger partial charge >= 0.3 is 0 Å². The normalized spacial score (nSPS) is 14.3. The zero-order chi connectivity index (χ0) is 27.9. The lowest BCUT2D eigenvalue weighted by molar-refractivity contribution is -0.134. The molecule has 0 aliphatic carbocycles. The van der Waals surface area contributed by atoms with E-state index in [4.69, 9.17) is 9.84 Å². The molecule has 0 bridgehead atoms. The van der Waals surface area contributed by atoms with Gasteiger partial charge in [-0.15, -0.1) is 0 Å². The highest BCUT2D eigenvalue weighted by Crippen LogP contribution is 2.31. The molecule has 0 radical (unpaired) electrons. The van der Waals surface area contributed by atoms with Crippen LogP contribution >= 0.6 is 0 Å². The highest BCUT2D eigenvalue weighted by molar-refractivity contribution is 5.78. The topological polar surface area (TPSA) is 53.8 Å². The van der Waals surface area contributed by atoms with E-state index < -0.39 is 0 Å². The molecule has 0 saturated carbocycles. The summed E-state index contributed by atoms with van der Waals surface area (Å²) in [6.07, 6.45) is 0.729. The second-order valence-corrected chi connectivity index (χ2v) is 10.9. The predicted molar refractivity (Wildman–Crippen MR) is 154 cm³/mol. The highest BCUT2D eigenvalue weighted by Gasteiger charge is 2.29. The van der Waals surface area contributed by atoms with E-state index in [1.54, 1.807) is 12.1 Å². The number of aromatic nitrogens is 2. The van der Waals surface area contributed by atoms with Crippen LogP contribution in [0.2, 0.25) is 0 Å². The van der Waals surface area contributed by atoms with Gasteiger partial charge in [0.25, 0.3) is 5.91 Å². The number of anilines is 1. The van der Waals surface area contributed by atoms with Crippen molar-refractivity contribution in [3.63, 3.8) is 0 Å². The van der Waals surface area contributed by atoms with Crippen molar-refractivity contribution in [2.45, 2.75) is 53.6 Å². The average Bonchev–Trinajstić information content (AvgIpc) is 3.30. The summed E-state index contributed by atoms with van der Waals surface area (Å²) in [6, 6.07) is 16.4. The lowest BCUT2D eigenvalue weighted by Gasteiger charge is -2.38. The van der Waals surface area contributed by atoms with Crippen molar-refractivity contribution in [2.24, 2.45) is 5.92 Å². The van der Waals surface area contributed by atoms with Crippen molar-refractivity contribution in [2.75, 3.05) is 44.2 Å². The molecule has 2 aromatic carbocycles. The van der Waals surface area contributed by atoms with Crippen LogP contribution in [0.3, 0.4) is 0 Å².